The zero-order chi connectivity index (χ0) is 12.7. The van der Waals surface area contributed by atoms with Crippen LogP contribution in [-0.4, -0.2) is 19.3 Å². The minimum absolute atomic E-state index is 0.341. The van der Waals surface area contributed by atoms with Crippen LogP contribution in [0.3, 0.4) is 0 Å². The van der Waals surface area contributed by atoms with E-state index in [1.807, 2.05) is 30.3 Å². The van der Waals surface area contributed by atoms with Crippen molar-refractivity contribution in [2.75, 3.05) is 0 Å². The van der Waals surface area contributed by atoms with Crippen molar-refractivity contribution in [3.8, 4) is 11.8 Å². The Morgan fingerprint density at radius 2 is 1.76 bits per heavy atom. The van der Waals surface area contributed by atoms with Gasteiger partial charge < -0.3 is 5.11 Å². The molecular weight excluding hydrogens is 224 g/mol. The zero-order valence-corrected chi connectivity index (χ0v) is 12.0. The average Bonchev–Trinajstić information content (AvgIpc) is 2.25. The Bertz CT molecular complexity index is 381. The third-order valence-corrected chi connectivity index (χ3v) is 3.63. The van der Waals surface area contributed by atoms with Gasteiger partial charge in [-0.1, -0.05) is 50.0 Å². The largest absolute Gasteiger partial charge is 0.392 e. The molecule has 1 rings (SSSR count). The van der Waals surface area contributed by atoms with Crippen LogP contribution in [0.25, 0.3) is 0 Å². The highest BCUT2D eigenvalue weighted by molar-refractivity contribution is 6.76. The van der Waals surface area contributed by atoms with Crippen LogP contribution in [0.5, 0.6) is 0 Å². The molecular formula is C15H22OSi. The van der Waals surface area contributed by atoms with Crippen LogP contribution < -0.4 is 0 Å². The first-order valence-electron chi connectivity index (χ1n) is 6.15. The van der Waals surface area contributed by atoms with Crippen molar-refractivity contribution in [1.29, 1.82) is 0 Å². The van der Waals surface area contributed by atoms with E-state index < -0.39 is 8.07 Å². The second-order valence-electron chi connectivity index (χ2n) is 5.64. The molecule has 92 valence electrons. The molecule has 1 N–H and O–H groups in total. The average molecular weight is 246 g/mol. The summed E-state index contributed by atoms with van der Waals surface area (Å²) < 4.78 is 0. The summed E-state index contributed by atoms with van der Waals surface area (Å²) >= 11 is 0. The predicted octanol–water partition coefficient (Wildman–Crippen LogP) is 3.32. The lowest BCUT2D eigenvalue weighted by Gasteiger charge is -2.10. The van der Waals surface area contributed by atoms with E-state index in [1.54, 1.807) is 0 Å². The quantitative estimate of drug-likeness (QED) is 0.638. The van der Waals surface area contributed by atoms with Crippen LogP contribution >= 0.6 is 0 Å². The first kappa shape index (κ1) is 14.0. The highest BCUT2D eigenvalue weighted by atomic mass is 28.3. The third kappa shape index (κ3) is 6.99. The van der Waals surface area contributed by atoms with Gasteiger partial charge in [-0.15, -0.1) is 11.8 Å². The fourth-order valence-electron chi connectivity index (χ4n) is 1.48. The van der Waals surface area contributed by atoms with Crippen LogP contribution in [0.1, 0.15) is 12.0 Å². The molecule has 0 saturated carbocycles. The van der Waals surface area contributed by atoms with Crippen LogP contribution in [-0.2, 0) is 6.42 Å². The van der Waals surface area contributed by atoms with E-state index in [0.29, 0.717) is 12.8 Å². The number of aliphatic hydroxyl groups excluding tert-OH is 1. The summed E-state index contributed by atoms with van der Waals surface area (Å²) in [7, 11) is -1.06. The fourth-order valence-corrected chi connectivity index (χ4v) is 2.13. The maximum atomic E-state index is 9.84. The maximum Gasteiger partial charge on any atom is 0.0689 e. The Kier molecular flexibility index (Phi) is 5.47. The van der Waals surface area contributed by atoms with Crippen LogP contribution in [0.2, 0.25) is 25.7 Å². The van der Waals surface area contributed by atoms with Crippen molar-refractivity contribution in [2.24, 2.45) is 0 Å². The molecule has 0 aliphatic carbocycles. The molecule has 0 aromatic heterocycles. The Labute approximate surface area is 106 Å². The summed E-state index contributed by atoms with van der Waals surface area (Å²) in [5, 5.41) is 9.84. The van der Waals surface area contributed by atoms with Gasteiger partial charge in [-0.05, 0) is 12.0 Å². The monoisotopic (exact) mass is 246 g/mol. The fraction of sp³-hybridized carbons (Fsp3) is 0.467. The number of aliphatic hydroxyl groups is 1. The second kappa shape index (κ2) is 6.63. The highest BCUT2D eigenvalue weighted by Crippen LogP contribution is 2.07. The second-order valence-corrected chi connectivity index (χ2v) is 11.1. The number of hydrogen-bond acceptors (Lipinski definition) is 1. The van der Waals surface area contributed by atoms with Crippen molar-refractivity contribution >= 4 is 8.07 Å². The lowest BCUT2D eigenvalue weighted by molar-refractivity contribution is 0.180. The van der Waals surface area contributed by atoms with E-state index >= 15 is 0 Å². The molecule has 0 radical (unpaired) electrons. The zero-order valence-electron chi connectivity index (χ0n) is 11.0. The molecule has 0 amide bonds. The molecule has 0 bridgehead atoms. The topological polar surface area (TPSA) is 20.2 Å². The summed E-state index contributed by atoms with van der Waals surface area (Å²) in [6, 6.07) is 11.1. The van der Waals surface area contributed by atoms with Gasteiger partial charge in [-0.25, -0.2) is 0 Å². The van der Waals surface area contributed by atoms with E-state index in [9.17, 15) is 5.11 Å². The van der Waals surface area contributed by atoms with Gasteiger partial charge in [0, 0.05) is 12.5 Å². The molecule has 0 saturated heterocycles. The van der Waals surface area contributed by atoms with E-state index in [4.69, 9.17) is 0 Å². The van der Waals surface area contributed by atoms with Crippen molar-refractivity contribution in [3.63, 3.8) is 0 Å². The van der Waals surface area contributed by atoms with E-state index in [0.717, 1.165) is 6.04 Å². The number of rotatable bonds is 4. The molecule has 1 atom stereocenters. The Morgan fingerprint density at radius 1 is 1.12 bits per heavy atom. The first-order valence-corrected chi connectivity index (χ1v) is 9.86. The minimum Gasteiger partial charge on any atom is -0.392 e. The molecule has 0 heterocycles. The van der Waals surface area contributed by atoms with Crippen LogP contribution in [0.15, 0.2) is 30.3 Å². The summed E-state index contributed by atoms with van der Waals surface area (Å²) in [5.41, 5.74) is 1.17. The lowest BCUT2D eigenvalue weighted by atomic mass is 10.1. The molecule has 0 aliphatic rings. The van der Waals surface area contributed by atoms with Gasteiger partial charge in [0.2, 0.25) is 0 Å². The van der Waals surface area contributed by atoms with Gasteiger partial charge in [-0.3, -0.25) is 0 Å². The number of benzene rings is 1. The molecule has 0 aliphatic heterocycles. The summed E-state index contributed by atoms with van der Waals surface area (Å²) in [6.45, 7) is 6.92. The Hall–Kier alpha value is -1.04. The van der Waals surface area contributed by atoms with Gasteiger partial charge in [-0.2, -0.15) is 0 Å². The smallest absolute Gasteiger partial charge is 0.0689 e. The highest BCUT2D eigenvalue weighted by Gasteiger charge is 2.10. The van der Waals surface area contributed by atoms with Crippen molar-refractivity contribution < 1.29 is 5.11 Å². The molecule has 1 aromatic carbocycles. The summed E-state index contributed by atoms with van der Waals surface area (Å²) in [6.07, 6.45) is 0.938. The Balaban J connectivity index is 2.33. The lowest BCUT2D eigenvalue weighted by Crippen LogP contribution is -2.17. The summed E-state index contributed by atoms with van der Waals surface area (Å²) in [5.74, 6) is 6.29. The molecule has 0 spiro atoms. The normalized spacial score (nSPS) is 12.7. The minimum atomic E-state index is -1.06. The molecule has 2 heteroatoms. The molecule has 1 nitrogen and oxygen atoms in total. The molecule has 17 heavy (non-hydrogen) atoms. The SMILES string of the molecule is C[Si](C)(C)CC#CCC(O)Cc1ccccc1. The van der Waals surface area contributed by atoms with Crippen molar-refractivity contribution in [2.45, 2.75) is 44.6 Å². The standard InChI is InChI=1S/C15H22OSi/c1-17(2,3)12-8-7-11-15(16)13-14-9-5-4-6-10-14/h4-6,9-10,15-16H,11-13H2,1-3H3. The third-order valence-electron chi connectivity index (χ3n) is 2.40. The Morgan fingerprint density at radius 3 is 2.35 bits per heavy atom. The van der Waals surface area contributed by atoms with Gasteiger partial charge >= 0.3 is 0 Å². The molecule has 1 aromatic rings. The van der Waals surface area contributed by atoms with E-state index in [-0.39, 0.29) is 6.10 Å². The van der Waals surface area contributed by atoms with E-state index in [2.05, 4.69) is 31.5 Å². The predicted molar refractivity (Wildman–Crippen MR) is 76.7 cm³/mol. The van der Waals surface area contributed by atoms with E-state index in [1.165, 1.54) is 5.56 Å². The summed E-state index contributed by atoms with van der Waals surface area (Å²) in [4.78, 5) is 0. The van der Waals surface area contributed by atoms with Gasteiger partial charge in [0.15, 0.2) is 0 Å². The van der Waals surface area contributed by atoms with Gasteiger partial charge in [0.05, 0.1) is 14.2 Å². The maximum absolute atomic E-state index is 9.84. The number of hydrogen-bond donors (Lipinski definition) is 1. The molecule has 0 fully saturated rings. The van der Waals surface area contributed by atoms with Gasteiger partial charge in [0.1, 0.15) is 0 Å². The van der Waals surface area contributed by atoms with Crippen molar-refractivity contribution in [1.82, 2.24) is 0 Å². The van der Waals surface area contributed by atoms with Crippen molar-refractivity contribution in [3.05, 3.63) is 35.9 Å². The molecule has 1 unspecified atom stereocenters. The van der Waals surface area contributed by atoms with Gasteiger partial charge in [0.25, 0.3) is 0 Å². The van der Waals surface area contributed by atoms with Crippen LogP contribution in [0.4, 0.5) is 0 Å². The van der Waals surface area contributed by atoms with Crippen LogP contribution in [0, 0.1) is 11.8 Å². The first-order chi connectivity index (χ1) is 7.97.